The number of anilines is 1. The molecule has 3 saturated carbocycles. The number of hydrogen-bond donors (Lipinski definition) is 2. The van der Waals surface area contributed by atoms with Crippen molar-refractivity contribution in [1.29, 1.82) is 0 Å². The van der Waals surface area contributed by atoms with Crippen LogP contribution in [0, 0.1) is 27.9 Å². The maximum absolute atomic E-state index is 11.2. The second kappa shape index (κ2) is 8.05. The highest BCUT2D eigenvalue weighted by Crippen LogP contribution is 2.46. The largest absolute Gasteiger partial charge is 0.433 e. The summed E-state index contributed by atoms with van der Waals surface area (Å²) >= 11 is 6.09. The van der Waals surface area contributed by atoms with Crippen LogP contribution in [0.1, 0.15) is 32.6 Å². The Morgan fingerprint density at radius 1 is 1.18 bits per heavy atom. The van der Waals surface area contributed by atoms with Crippen molar-refractivity contribution >= 4 is 34.5 Å². The molecule has 0 aromatic carbocycles. The molecule has 34 heavy (non-hydrogen) atoms. The van der Waals surface area contributed by atoms with Crippen LogP contribution in [0.25, 0.3) is 34.0 Å². The number of nitrogens with one attached hydrogen (secondary N) is 2. The van der Waals surface area contributed by atoms with E-state index in [1.807, 2.05) is 0 Å². The minimum atomic E-state index is -0.567. The fourth-order valence-electron chi connectivity index (χ4n) is 5.54. The van der Waals surface area contributed by atoms with E-state index in [9.17, 15) is 10.1 Å². The zero-order valence-corrected chi connectivity index (χ0v) is 19.1. The Labute approximate surface area is 199 Å². The zero-order chi connectivity index (χ0) is 23.4. The lowest BCUT2D eigenvalue weighted by molar-refractivity contribution is -0.401. The molecule has 0 radical (unpaired) electrons. The van der Waals surface area contributed by atoms with Gasteiger partial charge < -0.3 is 14.7 Å². The van der Waals surface area contributed by atoms with Crippen LogP contribution in [-0.4, -0.2) is 35.9 Å². The first-order valence-electron chi connectivity index (χ1n) is 11.4. The summed E-state index contributed by atoms with van der Waals surface area (Å²) in [5.41, 5.74) is 2.19. The van der Waals surface area contributed by atoms with Gasteiger partial charge in [0.2, 0.25) is 0 Å². The van der Waals surface area contributed by atoms with Gasteiger partial charge in [-0.3, -0.25) is 10.1 Å². The first kappa shape index (κ1) is 21.0. The minimum absolute atomic E-state index is 0.261. The van der Waals surface area contributed by atoms with E-state index in [4.69, 9.17) is 21.0 Å². The molecule has 2 bridgehead atoms. The van der Waals surface area contributed by atoms with Crippen LogP contribution in [0.4, 0.5) is 11.7 Å². The molecule has 2 atom stereocenters. The summed E-state index contributed by atoms with van der Waals surface area (Å²) in [7, 11) is 0. The summed E-state index contributed by atoms with van der Waals surface area (Å²) in [6.07, 6.45) is 8.22. The van der Waals surface area contributed by atoms with Crippen molar-refractivity contribution in [1.82, 2.24) is 24.9 Å². The quantitative estimate of drug-likeness (QED) is 0.284. The highest BCUT2D eigenvalue weighted by atomic mass is 35.5. The highest BCUT2D eigenvalue weighted by Gasteiger charge is 2.41. The van der Waals surface area contributed by atoms with Gasteiger partial charge in [-0.15, -0.1) is 0 Å². The van der Waals surface area contributed by atoms with Crippen LogP contribution in [-0.2, 0) is 0 Å². The third kappa shape index (κ3) is 3.58. The fraction of sp³-hybridized carbons (Fsp3) is 0.391. The highest BCUT2D eigenvalue weighted by molar-refractivity contribution is 6.29. The van der Waals surface area contributed by atoms with Gasteiger partial charge in [-0.1, -0.05) is 18.5 Å². The Kier molecular flexibility index (Phi) is 4.98. The minimum Gasteiger partial charge on any atom is -0.399 e. The lowest BCUT2D eigenvalue weighted by Gasteiger charge is -2.47. The number of furan rings is 1. The van der Waals surface area contributed by atoms with Gasteiger partial charge in [0, 0.05) is 18.3 Å². The fourth-order valence-corrected chi connectivity index (χ4v) is 5.68. The molecule has 10 nitrogen and oxygen atoms in total. The van der Waals surface area contributed by atoms with Crippen LogP contribution in [0.15, 0.2) is 35.0 Å². The zero-order valence-electron chi connectivity index (χ0n) is 18.4. The molecule has 0 saturated heterocycles. The van der Waals surface area contributed by atoms with E-state index in [-0.39, 0.29) is 11.0 Å². The molecule has 0 unspecified atom stereocenters. The molecule has 3 aliphatic carbocycles. The third-order valence-electron chi connectivity index (χ3n) is 7.29. The smallest absolute Gasteiger partial charge is 0.399 e. The lowest BCUT2D eigenvalue weighted by atomic mass is 9.62. The number of rotatable bonds is 5. The molecule has 174 valence electrons. The Bertz CT molecular complexity index is 1390. The van der Waals surface area contributed by atoms with Gasteiger partial charge in [-0.25, -0.2) is 19.9 Å². The maximum atomic E-state index is 11.2. The molecule has 0 aliphatic heterocycles. The number of hydrogen-bond acceptors (Lipinski definition) is 8. The summed E-state index contributed by atoms with van der Waals surface area (Å²) < 4.78 is 5.45. The van der Waals surface area contributed by atoms with E-state index in [1.54, 1.807) is 18.3 Å². The van der Waals surface area contributed by atoms with Gasteiger partial charge in [0.15, 0.2) is 17.2 Å². The van der Waals surface area contributed by atoms with Gasteiger partial charge in [-0.2, -0.15) is 0 Å². The SMILES string of the molecule is C[C@H]1C2CCC(CC2)[C@@H]1Nc1cc(-c2ccc([N+](=O)[O-])o2)nc(-c2c[nH]c3ncc(Cl)nc23)n1. The van der Waals surface area contributed by atoms with Crippen LogP contribution in [0.2, 0.25) is 5.15 Å². The molecule has 0 spiro atoms. The van der Waals surface area contributed by atoms with Gasteiger partial charge in [0.1, 0.15) is 27.1 Å². The standard InChI is InChI=1S/C23H22ClN7O3/c1-11-12-2-4-13(5-3-12)20(11)29-18-8-15(16-6-7-19(34-16)31(32)33)27-22(30-18)14-9-25-23-21(14)28-17(24)10-26-23/h6-13,20H,2-5H2,1H3,(H,25,26)(H,27,29,30)/t11-,12?,13?,20+/m0/s1. The predicted octanol–water partition coefficient (Wildman–Crippen LogP) is 5.47. The molecule has 2 N–H and O–H groups in total. The number of aromatic nitrogens is 5. The number of halogens is 1. The Hall–Kier alpha value is -3.53. The normalized spacial score (nSPS) is 23.9. The molecule has 0 amide bonds. The van der Waals surface area contributed by atoms with Crippen molar-refractivity contribution in [3.8, 4) is 22.8 Å². The first-order valence-corrected chi connectivity index (χ1v) is 11.7. The maximum Gasteiger partial charge on any atom is 0.433 e. The van der Waals surface area contributed by atoms with E-state index in [1.165, 1.54) is 37.9 Å². The molecule has 3 fully saturated rings. The van der Waals surface area contributed by atoms with Crippen molar-refractivity contribution in [3.05, 3.63) is 45.9 Å². The first-order chi connectivity index (χ1) is 16.5. The number of fused-ring (bicyclic) bond motifs is 4. The van der Waals surface area contributed by atoms with Crippen molar-refractivity contribution < 1.29 is 9.34 Å². The lowest BCUT2D eigenvalue weighted by Crippen LogP contribution is -2.47. The van der Waals surface area contributed by atoms with Crippen LogP contribution in [0.3, 0.4) is 0 Å². The monoisotopic (exact) mass is 479 g/mol. The predicted molar refractivity (Wildman–Crippen MR) is 126 cm³/mol. The number of nitrogens with zero attached hydrogens (tertiary/aromatic N) is 5. The molecule has 3 aliphatic rings. The molecule has 11 heteroatoms. The van der Waals surface area contributed by atoms with E-state index in [0.29, 0.717) is 57.7 Å². The van der Waals surface area contributed by atoms with Gasteiger partial charge in [0.05, 0.1) is 17.8 Å². The Morgan fingerprint density at radius 2 is 1.97 bits per heavy atom. The average Bonchev–Trinajstić information content (AvgIpc) is 3.49. The molecule has 4 heterocycles. The summed E-state index contributed by atoms with van der Waals surface area (Å²) in [4.78, 5) is 31.8. The second-order valence-corrected chi connectivity index (χ2v) is 9.54. The van der Waals surface area contributed by atoms with Crippen LogP contribution < -0.4 is 5.32 Å². The summed E-state index contributed by atoms with van der Waals surface area (Å²) in [5.74, 6) is 2.86. The van der Waals surface area contributed by atoms with E-state index >= 15 is 0 Å². The van der Waals surface area contributed by atoms with Gasteiger partial charge >= 0.3 is 5.88 Å². The van der Waals surface area contributed by atoms with Gasteiger partial charge in [-0.05, 0) is 49.5 Å². The Morgan fingerprint density at radius 3 is 2.71 bits per heavy atom. The van der Waals surface area contributed by atoms with Crippen molar-refractivity contribution in [2.75, 3.05) is 5.32 Å². The number of nitro groups is 1. The van der Waals surface area contributed by atoms with E-state index in [2.05, 4.69) is 32.2 Å². The third-order valence-corrected chi connectivity index (χ3v) is 7.47. The molecule has 4 aromatic heterocycles. The Balaban J connectivity index is 1.45. The molecular weight excluding hydrogens is 458 g/mol. The molecule has 4 aromatic rings. The summed E-state index contributed by atoms with van der Waals surface area (Å²) in [6.45, 7) is 2.31. The summed E-state index contributed by atoms with van der Waals surface area (Å²) in [5, 5.41) is 15.1. The average molecular weight is 480 g/mol. The molecule has 7 rings (SSSR count). The van der Waals surface area contributed by atoms with Crippen molar-refractivity contribution in [2.45, 2.75) is 38.6 Å². The number of aromatic amines is 1. The van der Waals surface area contributed by atoms with Crippen molar-refractivity contribution in [2.24, 2.45) is 17.8 Å². The van der Waals surface area contributed by atoms with E-state index in [0.717, 1.165) is 5.92 Å². The van der Waals surface area contributed by atoms with Crippen molar-refractivity contribution in [3.63, 3.8) is 0 Å². The van der Waals surface area contributed by atoms with Crippen LogP contribution in [0.5, 0.6) is 0 Å². The van der Waals surface area contributed by atoms with Crippen LogP contribution >= 0.6 is 11.6 Å². The topological polar surface area (TPSA) is 136 Å². The molecular formula is C23H22ClN7O3. The summed E-state index contributed by atoms with van der Waals surface area (Å²) in [6, 6.07) is 4.97. The second-order valence-electron chi connectivity index (χ2n) is 9.15. The van der Waals surface area contributed by atoms with E-state index < -0.39 is 4.92 Å². The number of H-pyrrole nitrogens is 1. The van der Waals surface area contributed by atoms with Gasteiger partial charge in [0.25, 0.3) is 0 Å².